The van der Waals surface area contributed by atoms with Crippen molar-refractivity contribution in [3.63, 3.8) is 0 Å². The Labute approximate surface area is 228 Å². The predicted molar refractivity (Wildman–Crippen MR) is 146 cm³/mol. The van der Waals surface area contributed by atoms with Gasteiger partial charge in [-0.3, -0.25) is 19.4 Å². The number of aliphatic hydroxyl groups is 1. The van der Waals surface area contributed by atoms with Crippen LogP contribution in [0.15, 0.2) is 35.3 Å². The van der Waals surface area contributed by atoms with Crippen molar-refractivity contribution in [3.05, 3.63) is 35.9 Å². The number of aliphatic imine (C=N–C) groups is 1. The Hall–Kier alpha value is -3.75. The maximum Gasteiger partial charge on any atom is 0.326 e. The number of carboxylic acids is 1. The lowest BCUT2D eigenvalue weighted by Crippen LogP contribution is -2.58. The topological polar surface area (TPSA) is 261 Å². The van der Waals surface area contributed by atoms with E-state index < -0.39 is 54.0 Å². The molecule has 0 spiro atoms. The Bertz CT molecular complexity index is 955. The molecule has 0 heterocycles. The van der Waals surface area contributed by atoms with Crippen molar-refractivity contribution in [2.75, 3.05) is 13.1 Å². The van der Waals surface area contributed by atoms with E-state index in [1.54, 1.807) is 30.3 Å². The van der Waals surface area contributed by atoms with Crippen LogP contribution in [0.25, 0.3) is 0 Å². The molecule has 218 valence electrons. The fourth-order valence-corrected chi connectivity index (χ4v) is 3.62. The Morgan fingerprint density at radius 1 is 0.872 bits per heavy atom. The molecule has 0 saturated heterocycles. The van der Waals surface area contributed by atoms with E-state index in [2.05, 4.69) is 20.9 Å². The molecule has 0 radical (unpaired) electrons. The van der Waals surface area contributed by atoms with Crippen LogP contribution in [0.3, 0.4) is 0 Å². The summed E-state index contributed by atoms with van der Waals surface area (Å²) in [5.41, 5.74) is 22.6. The molecule has 0 saturated carbocycles. The second-order valence-corrected chi connectivity index (χ2v) is 9.21. The molecule has 39 heavy (non-hydrogen) atoms. The van der Waals surface area contributed by atoms with Gasteiger partial charge in [0.1, 0.15) is 24.2 Å². The van der Waals surface area contributed by atoms with Crippen LogP contribution in [0.1, 0.15) is 44.6 Å². The van der Waals surface area contributed by atoms with E-state index in [1.165, 1.54) is 6.92 Å². The molecule has 14 heteroatoms. The Morgan fingerprint density at radius 3 is 1.92 bits per heavy atom. The average Bonchev–Trinajstić information content (AvgIpc) is 2.89. The van der Waals surface area contributed by atoms with E-state index in [4.69, 9.17) is 22.9 Å². The van der Waals surface area contributed by atoms with Crippen LogP contribution in [0.4, 0.5) is 0 Å². The zero-order valence-electron chi connectivity index (χ0n) is 22.2. The summed E-state index contributed by atoms with van der Waals surface area (Å²) in [7, 11) is 0. The third-order valence-corrected chi connectivity index (χ3v) is 5.88. The number of guanidine groups is 1. The van der Waals surface area contributed by atoms with Crippen LogP contribution >= 0.6 is 0 Å². The molecular formula is C25H42N8O6. The molecule has 0 aliphatic carbocycles. The third kappa shape index (κ3) is 13.0. The number of nitrogens with one attached hydrogen (secondary N) is 3. The smallest absolute Gasteiger partial charge is 0.326 e. The van der Waals surface area contributed by atoms with Gasteiger partial charge in [-0.1, -0.05) is 30.3 Å². The van der Waals surface area contributed by atoms with Gasteiger partial charge in [-0.25, -0.2) is 4.79 Å². The highest BCUT2D eigenvalue weighted by Gasteiger charge is 2.30. The van der Waals surface area contributed by atoms with Crippen molar-refractivity contribution in [1.29, 1.82) is 0 Å². The van der Waals surface area contributed by atoms with E-state index >= 15 is 0 Å². The molecule has 0 aliphatic rings. The molecule has 0 aromatic heterocycles. The minimum Gasteiger partial charge on any atom is -0.480 e. The largest absolute Gasteiger partial charge is 0.480 e. The van der Waals surface area contributed by atoms with E-state index in [0.717, 1.165) is 0 Å². The Balaban J connectivity index is 3.07. The number of amides is 3. The van der Waals surface area contributed by atoms with Gasteiger partial charge in [-0.2, -0.15) is 0 Å². The fourth-order valence-electron chi connectivity index (χ4n) is 3.62. The standard InChI is InChI=1S/C25H42N8O6/c1-15(34)20(27)23(37)32-17(10-5-6-12-26)21(35)31-18(11-7-13-30-25(28)29)22(36)33-19(24(38)39)14-16-8-3-2-4-9-16/h2-4,8-9,15,17-20,34H,5-7,10-14,26-27H2,1H3,(H,31,35)(H,32,37)(H,33,36)(H,38,39)(H4,28,29,30). The summed E-state index contributed by atoms with van der Waals surface area (Å²) in [6.45, 7) is 1.90. The highest BCUT2D eigenvalue weighted by atomic mass is 16.4. The van der Waals surface area contributed by atoms with E-state index in [0.29, 0.717) is 31.4 Å². The van der Waals surface area contributed by atoms with Crippen molar-refractivity contribution in [3.8, 4) is 0 Å². The summed E-state index contributed by atoms with van der Waals surface area (Å²) in [6, 6.07) is 4.05. The number of aliphatic carboxylic acids is 1. The summed E-state index contributed by atoms with van der Waals surface area (Å²) in [5, 5.41) is 26.9. The number of nitrogens with zero attached hydrogens (tertiary/aromatic N) is 1. The number of carbonyl (C=O) groups is 4. The first kappa shape index (κ1) is 33.3. The third-order valence-electron chi connectivity index (χ3n) is 5.88. The number of benzene rings is 1. The van der Waals surface area contributed by atoms with Crippen LogP contribution in [-0.2, 0) is 25.6 Å². The number of hydrogen-bond acceptors (Lipinski definition) is 8. The maximum absolute atomic E-state index is 13.2. The van der Waals surface area contributed by atoms with Gasteiger partial charge in [-0.05, 0) is 51.1 Å². The number of hydrogen-bond donors (Lipinski definition) is 9. The lowest BCUT2D eigenvalue weighted by Gasteiger charge is -2.25. The van der Waals surface area contributed by atoms with Crippen molar-refractivity contribution in [2.24, 2.45) is 27.9 Å². The molecule has 0 bridgehead atoms. The van der Waals surface area contributed by atoms with Crippen LogP contribution in [0, 0.1) is 0 Å². The van der Waals surface area contributed by atoms with Crippen LogP contribution in [0.2, 0.25) is 0 Å². The Morgan fingerprint density at radius 2 is 1.41 bits per heavy atom. The molecule has 1 aromatic rings. The van der Waals surface area contributed by atoms with Crippen LogP contribution in [0.5, 0.6) is 0 Å². The van der Waals surface area contributed by atoms with Gasteiger partial charge in [0.25, 0.3) is 0 Å². The molecule has 0 aliphatic heterocycles. The lowest BCUT2D eigenvalue weighted by molar-refractivity contribution is -0.142. The molecule has 1 rings (SSSR count). The molecule has 5 unspecified atom stereocenters. The van der Waals surface area contributed by atoms with E-state index in [1.807, 2.05) is 0 Å². The van der Waals surface area contributed by atoms with Gasteiger partial charge < -0.3 is 49.1 Å². The average molecular weight is 551 g/mol. The summed E-state index contributed by atoms with van der Waals surface area (Å²) >= 11 is 0. The minimum atomic E-state index is -1.26. The number of carboxylic acid groups (broad SMARTS) is 1. The maximum atomic E-state index is 13.2. The van der Waals surface area contributed by atoms with Gasteiger partial charge in [0, 0.05) is 13.0 Å². The number of carbonyl (C=O) groups excluding carboxylic acids is 3. The molecule has 14 nitrogen and oxygen atoms in total. The van der Waals surface area contributed by atoms with Crippen molar-refractivity contribution >= 4 is 29.7 Å². The summed E-state index contributed by atoms with van der Waals surface area (Å²) < 4.78 is 0. The van der Waals surface area contributed by atoms with Gasteiger partial charge >= 0.3 is 5.97 Å². The quantitative estimate of drug-likeness (QED) is 0.0534. The minimum absolute atomic E-state index is 0.0333. The normalized spacial score (nSPS) is 14.7. The molecule has 0 fully saturated rings. The fraction of sp³-hybridized carbons (Fsp3) is 0.560. The zero-order chi connectivity index (χ0) is 29.4. The zero-order valence-corrected chi connectivity index (χ0v) is 22.2. The molecule has 5 atom stereocenters. The molecular weight excluding hydrogens is 508 g/mol. The van der Waals surface area contributed by atoms with Gasteiger partial charge in [0.05, 0.1) is 6.10 Å². The second kappa shape index (κ2) is 17.7. The van der Waals surface area contributed by atoms with Crippen molar-refractivity contribution in [2.45, 2.75) is 75.7 Å². The molecule has 3 amide bonds. The number of nitrogens with two attached hydrogens (primary N) is 4. The summed E-state index contributed by atoms with van der Waals surface area (Å²) in [4.78, 5) is 54.6. The van der Waals surface area contributed by atoms with Crippen LogP contribution < -0.4 is 38.9 Å². The van der Waals surface area contributed by atoms with Gasteiger partial charge in [-0.15, -0.1) is 0 Å². The summed E-state index contributed by atoms with van der Waals surface area (Å²) in [5.74, 6) is -3.50. The Kier molecular flexibility index (Phi) is 15.1. The highest BCUT2D eigenvalue weighted by molar-refractivity contribution is 5.94. The lowest BCUT2D eigenvalue weighted by atomic mass is 10.0. The van der Waals surface area contributed by atoms with E-state index in [9.17, 15) is 29.4 Å². The SMILES string of the molecule is CC(O)C(N)C(=O)NC(CCCCN)C(=O)NC(CCCN=C(N)N)C(=O)NC(Cc1ccccc1)C(=O)O. The van der Waals surface area contributed by atoms with E-state index in [-0.39, 0.29) is 31.8 Å². The second-order valence-electron chi connectivity index (χ2n) is 9.21. The predicted octanol–water partition coefficient (Wildman–Crippen LogP) is -2.34. The van der Waals surface area contributed by atoms with Crippen LogP contribution in [-0.4, -0.2) is 83.2 Å². The number of aliphatic hydroxyl groups excluding tert-OH is 1. The molecule has 13 N–H and O–H groups in total. The first-order valence-electron chi connectivity index (χ1n) is 12.8. The first-order valence-corrected chi connectivity index (χ1v) is 12.8. The van der Waals surface area contributed by atoms with Gasteiger partial charge in [0.15, 0.2) is 5.96 Å². The van der Waals surface area contributed by atoms with Crippen molar-refractivity contribution < 1.29 is 29.4 Å². The first-order chi connectivity index (χ1) is 18.5. The highest BCUT2D eigenvalue weighted by Crippen LogP contribution is 2.08. The molecule has 1 aromatic carbocycles. The number of rotatable bonds is 18. The monoisotopic (exact) mass is 550 g/mol. The summed E-state index contributed by atoms with van der Waals surface area (Å²) in [6.07, 6.45) is 0.556. The van der Waals surface area contributed by atoms with Gasteiger partial charge in [0.2, 0.25) is 17.7 Å². The number of unbranched alkanes of at least 4 members (excludes halogenated alkanes) is 1. The van der Waals surface area contributed by atoms with Crippen molar-refractivity contribution in [1.82, 2.24) is 16.0 Å².